The summed E-state index contributed by atoms with van der Waals surface area (Å²) in [6.07, 6.45) is 0. The van der Waals surface area contributed by atoms with Crippen LogP contribution in [0.3, 0.4) is 0 Å². The van der Waals surface area contributed by atoms with E-state index in [0.717, 1.165) is 27.5 Å². The molecule has 0 atom stereocenters. The molecular weight excluding hydrogens is 454 g/mol. The maximum atomic E-state index is 14.5. The van der Waals surface area contributed by atoms with E-state index in [4.69, 9.17) is 16.3 Å². The van der Waals surface area contributed by atoms with Gasteiger partial charge in [0.25, 0.3) is 5.91 Å². The maximum Gasteiger partial charge on any atom is 0.326 e. The van der Waals surface area contributed by atoms with Crippen LogP contribution in [0.1, 0.15) is 16.6 Å². The summed E-state index contributed by atoms with van der Waals surface area (Å²) in [5.41, 5.74) is -0.0246. The Morgan fingerprint density at radius 1 is 1.17 bits per heavy atom. The molecule has 0 aliphatic rings. The van der Waals surface area contributed by atoms with Crippen molar-refractivity contribution in [2.45, 2.75) is 13.5 Å². The van der Waals surface area contributed by atoms with Crippen LogP contribution in [0.5, 0.6) is 0 Å². The molecule has 0 fully saturated rings. The van der Waals surface area contributed by atoms with Gasteiger partial charge < -0.3 is 9.30 Å². The van der Waals surface area contributed by atoms with E-state index >= 15 is 0 Å². The standard InChI is InChI=1S/C20H13ClF2N2O3S2/c1-2-28-15(26)9-25-17-12(23)7-10(22)8-14(17)30-20(25)24-19(27)18-16(21)11-5-3-4-6-13(11)29-18/h3-8H,2,9H2,1H3. The Morgan fingerprint density at radius 3 is 2.67 bits per heavy atom. The van der Waals surface area contributed by atoms with Crippen molar-refractivity contribution in [1.29, 1.82) is 0 Å². The van der Waals surface area contributed by atoms with Crippen LogP contribution in [-0.2, 0) is 16.1 Å². The van der Waals surface area contributed by atoms with Gasteiger partial charge >= 0.3 is 5.97 Å². The third-order valence-electron chi connectivity index (χ3n) is 4.21. The smallest absolute Gasteiger partial charge is 0.326 e. The van der Waals surface area contributed by atoms with Crippen molar-refractivity contribution in [3.8, 4) is 0 Å². The largest absolute Gasteiger partial charge is 0.465 e. The Kier molecular flexibility index (Phi) is 5.68. The fraction of sp³-hybridized carbons (Fsp3) is 0.150. The molecule has 0 N–H and O–H groups in total. The number of hydrogen-bond donors (Lipinski definition) is 0. The maximum absolute atomic E-state index is 14.5. The van der Waals surface area contributed by atoms with Crippen molar-refractivity contribution in [3.05, 3.63) is 62.7 Å². The third-order valence-corrected chi connectivity index (χ3v) is 6.90. The summed E-state index contributed by atoms with van der Waals surface area (Å²) < 4.78 is 35.3. The van der Waals surface area contributed by atoms with Gasteiger partial charge in [0, 0.05) is 16.2 Å². The highest BCUT2D eigenvalue weighted by molar-refractivity contribution is 7.21. The molecule has 30 heavy (non-hydrogen) atoms. The fourth-order valence-corrected chi connectivity index (χ4v) is 5.45. The number of carbonyl (C=O) groups is 2. The zero-order valence-electron chi connectivity index (χ0n) is 15.4. The molecule has 0 aliphatic heterocycles. The van der Waals surface area contributed by atoms with Gasteiger partial charge in [-0.05, 0) is 19.1 Å². The predicted octanol–water partition coefficient (Wildman–Crippen LogP) is 5.15. The summed E-state index contributed by atoms with van der Waals surface area (Å²) in [4.78, 5) is 29.2. The minimum atomic E-state index is -0.862. The molecule has 10 heteroatoms. The zero-order valence-corrected chi connectivity index (χ0v) is 17.8. The highest BCUT2D eigenvalue weighted by atomic mass is 35.5. The van der Waals surface area contributed by atoms with Gasteiger partial charge in [-0.25, -0.2) is 8.78 Å². The molecule has 0 spiro atoms. The van der Waals surface area contributed by atoms with Gasteiger partial charge in [-0.15, -0.1) is 11.3 Å². The number of carbonyl (C=O) groups excluding carboxylic acids is 2. The Morgan fingerprint density at radius 2 is 1.93 bits per heavy atom. The van der Waals surface area contributed by atoms with E-state index in [2.05, 4.69) is 4.99 Å². The first-order valence-corrected chi connectivity index (χ1v) is 10.8. The van der Waals surface area contributed by atoms with Crippen molar-refractivity contribution >= 4 is 66.5 Å². The number of ether oxygens (including phenoxy) is 1. The van der Waals surface area contributed by atoms with Crippen LogP contribution in [0.2, 0.25) is 5.02 Å². The first kappa shape index (κ1) is 20.6. The molecule has 4 rings (SSSR count). The molecule has 0 aliphatic carbocycles. The van der Waals surface area contributed by atoms with E-state index < -0.39 is 23.5 Å². The molecule has 2 aromatic heterocycles. The van der Waals surface area contributed by atoms with E-state index in [0.29, 0.717) is 6.07 Å². The summed E-state index contributed by atoms with van der Waals surface area (Å²) in [5.74, 6) is -2.89. The molecule has 1 amide bonds. The molecule has 2 heterocycles. The highest BCUT2D eigenvalue weighted by Gasteiger charge is 2.20. The van der Waals surface area contributed by atoms with Crippen LogP contribution >= 0.6 is 34.3 Å². The number of amides is 1. The number of thiophene rings is 1. The van der Waals surface area contributed by atoms with Crippen LogP contribution < -0.4 is 4.80 Å². The van der Waals surface area contributed by atoms with Gasteiger partial charge in [0.2, 0.25) is 0 Å². The Hall–Kier alpha value is -2.62. The molecule has 0 radical (unpaired) electrons. The van der Waals surface area contributed by atoms with Gasteiger partial charge in [0.05, 0.1) is 21.8 Å². The molecule has 4 aromatic rings. The lowest BCUT2D eigenvalue weighted by atomic mass is 10.2. The predicted molar refractivity (Wildman–Crippen MR) is 113 cm³/mol. The van der Waals surface area contributed by atoms with E-state index in [9.17, 15) is 18.4 Å². The first-order chi connectivity index (χ1) is 14.4. The zero-order chi connectivity index (χ0) is 21.4. The lowest BCUT2D eigenvalue weighted by Gasteiger charge is -2.05. The second-order valence-corrected chi connectivity index (χ2v) is 8.61. The van der Waals surface area contributed by atoms with Gasteiger partial charge in [-0.3, -0.25) is 9.59 Å². The van der Waals surface area contributed by atoms with Crippen LogP contribution in [0.15, 0.2) is 41.4 Å². The quantitative estimate of drug-likeness (QED) is 0.391. The highest BCUT2D eigenvalue weighted by Crippen LogP contribution is 2.35. The number of fused-ring (bicyclic) bond motifs is 2. The van der Waals surface area contributed by atoms with Gasteiger partial charge in [-0.2, -0.15) is 4.99 Å². The minimum absolute atomic E-state index is 0.0246. The lowest BCUT2D eigenvalue weighted by molar-refractivity contribution is -0.143. The van der Waals surface area contributed by atoms with Crippen LogP contribution in [0, 0.1) is 11.6 Å². The van der Waals surface area contributed by atoms with E-state index in [1.165, 1.54) is 15.9 Å². The number of esters is 1. The molecule has 0 saturated carbocycles. The van der Waals surface area contributed by atoms with Crippen molar-refractivity contribution in [2.24, 2.45) is 4.99 Å². The van der Waals surface area contributed by atoms with E-state index in [1.807, 2.05) is 18.2 Å². The van der Waals surface area contributed by atoms with Crippen LogP contribution in [0.4, 0.5) is 8.78 Å². The van der Waals surface area contributed by atoms with Gasteiger partial charge in [-0.1, -0.05) is 41.1 Å². The van der Waals surface area contributed by atoms with Crippen LogP contribution in [-0.4, -0.2) is 23.1 Å². The molecule has 0 unspecified atom stereocenters. The lowest BCUT2D eigenvalue weighted by Crippen LogP contribution is -2.23. The van der Waals surface area contributed by atoms with Crippen molar-refractivity contribution in [1.82, 2.24) is 4.57 Å². The minimum Gasteiger partial charge on any atom is -0.465 e. The fourth-order valence-electron chi connectivity index (χ4n) is 2.99. The molecule has 0 bridgehead atoms. The number of thiazole rings is 1. The molecule has 154 valence electrons. The number of rotatable bonds is 4. The summed E-state index contributed by atoms with van der Waals surface area (Å²) >= 11 is 8.43. The Labute approximate surface area is 181 Å². The number of hydrogen-bond acceptors (Lipinski definition) is 5. The third kappa shape index (κ3) is 3.76. The van der Waals surface area contributed by atoms with Crippen molar-refractivity contribution in [3.63, 3.8) is 0 Å². The monoisotopic (exact) mass is 466 g/mol. The van der Waals surface area contributed by atoms with E-state index in [1.54, 1.807) is 13.0 Å². The molecule has 0 saturated heterocycles. The van der Waals surface area contributed by atoms with Crippen LogP contribution in [0.25, 0.3) is 20.3 Å². The SMILES string of the molecule is CCOC(=O)Cn1c(=NC(=O)c2sc3ccccc3c2Cl)sc2cc(F)cc(F)c21. The molecular formula is C20H13ClF2N2O3S2. The molecule has 2 aromatic carbocycles. The van der Waals surface area contributed by atoms with Crippen molar-refractivity contribution in [2.75, 3.05) is 6.61 Å². The average Bonchev–Trinajstić information content (AvgIpc) is 3.20. The number of aromatic nitrogens is 1. The summed E-state index contributed by atoms with van der Waals surface area (Å²) in [5, 5.41) is 1.01. The van der Waals surface area contributed by atoms with Crippen molar-refractivity contribution < 1.29 is 23.1 Å². The second kappa shape index (κ2) is 8.25. The number of benzene rings is 2. The average molecular weight is 467 g/mol. The Balaban J connectivity index is 1.88. The van der Waals surface area contributed by atoms with E-state index in [-0.39, 0.29) is 38.1 Å². The Bertz CT molecular complexity index is 1370. The normalized spacial score (nSPS) is 12.1. The second-order valence-electron chi connectivity index (χ2n) is 6.17. The summed E-state index contributed by atoms with van der Waals surface area (Å²) in [7, 11) is 0. The summed E-state index contributed by atoms with van der Waals surface area (Å²) in [6, 6.07) is 9.11. The topological polar surface area (TPSA) is 60.7 Å². The van der Waals surface area contributed by atoms with Gasteiger partial charge in [0.1, 0.15) is 17.2 Å². The number of nitrogens with zero attached hydrogens (tertiary/aromatic N) is 2. The first-order valence-electron chi connectivity index (χ1n) is 8.79. The molecule has 5 nitrogen and oxygen atoms in total. The number of halogens is 3. The van der Waals surface area contributed by atoms with Gasteiger partial charge in [0.15, 0.2) is 10.6 Å². The summed E-state index contributed by atoms with van der Waals surface area (Å²) in [6.45, 7) is 1.41.